The molecule has 1 atom stereocenters. The molecule has 0 bridgehead atoms. The second kappa shape index (κ2) is 6.78. The zero-order valence-electron chi connectivity index (χ0n) is 13.8. The van der Waals surface area contributed by atoms with Gasteiger partial charge in [0.1, 0.15) is 11.6 Å². The van der Waals surface area contributed by atoms with E-state index in [0.29, 0.717) is 11.5 Å². The lowest BCUT2D eigenvalue weighted by Crippen LogP contribution is -2.27. The third-order valence-corrected chi connectivity index (χ3v) is 4.85. The first-order valence-corrected chi connectivity index (χ1v) is 8.24. The van der Waals surface area contributed by atoms with Crippen molar-refractivity contribution >= 4 is 5.82 Å². The number of rotatable bonds is 2. The minimum atomic E-state index is 0.589. The molecule has 3 rings (SSSR count). The molecule has 0 aliphatic carbocycles. The Morgan fingerprint density at radius 1 is 1.09 bits per heavy atom. The summed E-state index contributed by atoms with van der Waals surface area (Å²) in [5, 5.41) is 18.1. The van der Waals surface area contributed by atoms with E-state index in [1.807, 2.05) is 13.8 Å². The molecule has 1 unspecified atom stereocenters. The van der Waals surface area contributed by atoms with Crippen molar-refractivity contribution in [1.29, 1.82) is 5.26 Å². The van der Waals surface area contributed by atoms with E-state index in [9.17, 15) is 5.26 Å². The van der Waals surface area contributed by atoms with Gasteiger partial charge in [-0.15, -0.1) is 5.10 Å². The molecule has 1 aromatic carbocycles. The van der Waals surface area contributed by atoms with Crippen molar-refractivity contribution in [3.63, 3.8) is 0 Å². The van der Waals surface area contributed by atoms with Gasteiger partial charge in [-0.25, -0.2) is 0 Å². The maximum absolute atomic E-state index is 9.51. The molecule has 0 spiro atoms. The molecule has 1 aliphatic rings. The highest BCUT2D eigenvalue weighted by Crippen LogP contribution is 2.30. The van der Waals surface area contributed by atoms with Crippen LogP contribution in [-0.2, 0) is 0 Å². The average Bonchev–Trinajstić information content (AvgIpc) is 2.84. The summed E-state index contributed by atoms with van der Waals surface area (Å²) in [5.41, 5.74) is 3.88. The Labute approximate surface area is 137 Å². The van der Waals surface area contributed by atoms with E-state index in [2.05, 4.69) is 51.5 Å². The average molecular weight is 306 g/mol. The first kappa shape index (κ1) is 15.5. The minimum Gasteiger partial charge on any atom is -0.354 e. The largest absolute Gasteiger partial charge is 0.354 e. The fraction of sp³-hybridized carbons (Fsp3) is 0.421. The predicted octanol–water partition coefficient (Wildman–Crippen LogP) is 3.74. The maximum Gasteiger partial charge on any atom is 0.169 e. The SMILES string of the molecule is Cc1nnc(N2CCCC(c3ccccc3)CC2)c(C#N)c1C. The lowest BCUT2D eigenvalue weighted by atomic mass is 9.92. The van der Waals surface area contributed by atoms with Gasteiger partial charge in [-0.2, -0.15) is 10.4 Å². The third kappa shape index (κ3) is 3.19. The van der Waals surface area contributed by atoms with Crippen molar-refractivity contribution < 1.29 is 0 Å². The molecule has 118 valence electrons. The summed E-state index contributed by atoms with van der Waals surface area (Å²) in [6, 6.07) is 13.0. The highest BCUT2D eigenvalue weighted by molar-refractivity contribution is 5.57. The second-order valence-corrected chi connectivity index (χ2v) is 6.25. The molecule has 23 heavy (non-hydrogen) atoms. The van der Waals surface area contributed by atoms with Crippen LogP contribution in [0.3, 0.4) is 0 Å². The van der Waals surface area contributed by atoms with Gasteiger partial charge in [0.2, 0.25) is 0 Å². The third-order valence-electron chi connectivity index (χ3n) is 4.85. The Hall–Kier alpha value is -2.41. The summed E-state index contributed by atoms with van der Waals surface area (Å²) in [4.78, 5) is 2.24. The van der Waals surface area contributed by atoms with Crippen LogP contribution in [0.5, 0.6) is 0 Å². The standard InChI is InChI=1S/C19H22N4/c1-14-15(2)21-22-19(18(14)13-20)23-11-6-9-17(10-12-23)16-7-4-3-5-8-16/h3-5,7-8,17H,6,9-12H2,1-2H3. The Morgan fingerprint density at radius 2 is 1.87 bits per heavy atom. The topological polar surface area (TPSA) is 52.8 Å². The summed E-state index contributed by atoms with van der Waals surface area (Å²) in [6.07, 6.45) is 3.38. The van der Waals surface area contributed by atoms with Gasteiger partial charge in [-0.05, 0) is 50.2 Å². The Morgan fingerprint density at radius 3 is 2.61 bits per heavy atom. The normalized spacial score (nSPS) is 18.3. The zero-order chi connectivity index (χ0) is 16.2. The van der Waals surface area contributed by atoms with Gasteiger partial charge in [-0.1, -0.05) is 30.3 Å². The van der Waals surface area contributed by atoms with Crippen LogP contribution in [0.2, 0.25) is 0 Å². The molecule has 0 N–H and O–H groups in total. The van der Waals surface area contributed by atoms with Crippen LogP contribution in [0, 0.1) is 25.2 Å². The number of hydrogen-bond acceptors (Lipinski definition) is 4. The Balaban J connectivity index is 1.82. The van der Waals surface area contributed by atoms with Crippen molar-refractivity contribution in [2.24, 2.45) is 0 Å². The predicted molar refractivity (Wildman–Crippen MR) is 91.5 cm³/mol. The number of hydrogen-bond donors (Lipinski definition) is 0. The van der Waals surface area contributed by atoms with Crippen molar-refractivity contribution in [2.75, 3.05) is 18.0 Å². The molecule has 0 amide bonds. The van der Waals surface area contributed by atoms with Crippen LogP contribution in [0.25, 0.3) is 0 Å². The van der Waals surface area contributed by atoms with Crippen LogP contribution in [0.4, 0.5) is 5.82 Å². The molecular formula is C19H22N4. The van der Waals surface area contributed by atoms with Crippen LogP contribution in [-0.4, -0.2) is 23.3 Å². The fourth-order valence-corrected chi connectivity index (χ4v) is 3.32. The number of benzene rings is 1. The van der Waals surface area contributed by atoms with Gasteiger partial charge in [-0.3, -0.25) is 0 Å². The number of anilines is 1. The summed E-state index contributed by atoms with van der Waals surface area (Å²) in [7, 11) is 0. The molecule has 1 saturated heterocycles. The van der Waals surface area contributed by atoms with Gasteiger partial charge in [0.05, 0.1) is 5.69 Å². The molecule has 0 saturated carbocycles. The molecule has 1 aliphatic heterocycles. The smallest absolute Gasteiger partial charge is 0.169 e. The fourth-order valence-electron chi connectivity index (χ4n) is 3.32. The van der Waals surface area contributed by atoms with Crippen molar-refractivity contribution in [2.45, 2.75) is 39.0 Å². The van der Waals surface area contributed by atoms with Gasteiger partial charge < -0.3 is 4.90 Å². The Bertz CT molecular complexity index is 718. The lowest BCUT2D eigenvalue weighted by Gasteiger charge is -2.23. The second-order valence-electron chi connectivity index (χ2n) is 6.25. The highest BCUT2D eigenvalue weighted by Gasteiger charge is 2.22. The van der Waals surface area contributed by atoms with Crippen LogP contribution in [0.1, 0.15) is 47.6 Å². The van der Waals surface area contributed by atoms with Crippen LogP contribution >= 0.6 is 0 Å². The molecule has 0 radical (unpaired) electrons. The van der Waals surface area contributed by atoms with E-state index in [1.165, 1.54) is 12.0 Å². The maximum atomic E-state index is 9.51. The van der Waals surface area contributed by atoms with Crippen molar-refractivity contribution in [1.82, 2.24) is 10.2 Å². The minimum absolute atomic E-state index is 0.589. The first-order chi connectivity index (χ1) is 11.2. The van der Waals surface area contributed by atoms with Gasteiger partial charge >= 0.3 is 0 Å². The molecular weight excluding hydrogens is 284 g/mol. The molecule has 1 fully saturated rings. The van der Waals surface area contributed by atoms with E-state index in [1.54, 1.807) is 0 Å². The van der Waals surface area contributed by atoms with Crippen LogP contribution in [0.15, 0.2) is 30.3 Å². The number of nitrogens with zero attached hydrogens (tertiary/aromatic N) is 4. The first-order valence-electron chi connectivity index (χ1n) is 8.24. The molecule has 2 aromatic rings. The molecule has 2 heterocycles. The number of nitriles is 1. The lowest BCUT2D eigenvalue weighted by molar-refractivity contribution is 0.611. The summed E-state index contributed by atoms with van der Waals surface area (Å²) in [6.45, 7) is 5.72. The number of aromatic nitrogens is 2. The zero-order valence-corrected chi connectivity index (χ0v) is 13.8. The summed E-state index contributed by atoms with van der Waals surface area (Å²) < 4.78 is 0. The van der Waals surface area contributed by atoms with Gasteiger partial charge in [0, 0.05) is 13.1 Å². The van der Waals surface area contributed by atoms with Crippen molar-refractivity contribution in [3.8, 4) is 6.07 Å². The van der Waals surface area contributed by atoms with E-state index in [4.69, 9.17) is 0 Å². The molecule has 1 aromatic heterocycles. The summed E-state index contributed by atoms with van der Waals surface area (Å²) in [5.74, 6) is 1.34. The quantitative estimate of drug-likeness (QED) is 0.848. The van der Waals surface area contributed by atoms with E-state index in [0.717, 1.165) is 43.0 Å². The monoisotopic (exact) mass is 306 g/mol. The van der Waals surface area contributed by atoms with E-state index in [-0.39, 0.29) is 0 Å². The van der Waals surface area contributed by atoms with Gasteiger partial charge in [0.15, 0.2) is 5.82 Å². The summed E-state index contributed by atoms with van der Waals surface area (Å²) >= 11 is 0. The highest BCUT2D eigenvalue weighted by atomic mass is 15.3. The number of aryl methyl sites for hydroxylation is 1. The van der Waals surface area contributed by atoms with Gasteiger partial charge in [0.25, 0.3) is 0 Å². The van der Waals surface area contributed by atoms with Crippen molar-refractivity contribution in [3.05, 3.63) is 52.7 Å². The molecule has 4 heteroatoms. The van der Waals surface area contributed by atoms with E-state index >= 15 is 0 Å². The molecule has 4 nitrogen and oxygen atoms in total. The Kier molecular flexibility index (Phi) is 4.57. The van der Waals surface area contributed by atoms with Crippen LogP contribution < -0.4 is 4.90 Å². The van der Waals surface area contributed by atoms with E-state index < -0.39 is 0 Å².